The van der Waals surface area contributed by atoms with Crippen molar-refractivity contribution in [3.8, 4) is 11.5 Å². The molecule has 4 atom stereocenters. The van der Waals surface area contributed by atoms with Crippen molar-refractivity contribution in [1.82, 2.24) is 10.2 Å². The molecule has 0 aliphatic carbocycles. The smallest absolute Gasteiger partial charge is 0.250 e. The van der Waals surface area contributed by atoms with E-state index in [2.05, 4.69) is 10.6 Å². The van der Waals surface area contributed by atoms with E-state index in [0.717, 1.165) is 0 Å². The van der Waals surface area contributed by atoms with Gasteiger partial charge in [0.05, 0.1) is 29.1 Å². The van der Waals surface area contributed by atoms with Crippen LogP contribution in [0.25, 0.3) is 0 Å². The largest absolute Gasteiger partial charge is 0.454 e. The van der Waals surface area contributed by atoms with Gasteiger partial charge in [0.1, 0.15) is 5.54 Å². The van der Waals surface area contributed by atoms with Gasteiger partial charge in [0.2, 0.25) is 30.4 Å². The molecule has 0 aromatic heterocycles. The molecule has 4 aliphatic rings. The number of carbonyl (C=O) groups is 4. The molecular formula is C24H21ClN4O6. The Morgan fingerprint density at radius 1 is 1.14 bits per heavy atom. The first-order chi connectivity index (χ1) is 16.8. The Morgan fingerprint density at radius 3 is 2.74 bits per heavy atom. The molecule has 180 valence electrons. The number of hydrogen-bond acceptors (Lipinski definition) is 7. The zero-order chi connectivity index (χ0) is 24.5. The molecule has 0 bridgehead atoms. The lowest BCUT2D eigenvalue weighted by Crippen LogP contribution is -2.53. The number of nitrogens with two attached hydrogens (primary N) is 1. The highest BCUT2D eigenvalue weighted by atomic mass is 35.5. The quantitative estimate of drug-likeness (QED) is 0.529. The second kappa shape index (κ2) is 7.69. The van der Waals surface area contributed by atoms with Crippen LogP contribution in [0.15, 0.2) is 36.4 Å². The summed E-state index contributed by atoms with van der Waals surface area (Å²) in [6.07, 6.45) is 0.211. The summed E-state index contributed by atoms with van der Waals surface area (Å²) < 4.78 is 10.7. The van der Waals surface area contributed by atoms with Gasteiger partial charge < -0.3 is 20.5 Å². The number of para-hydroxylation sites is 1. The fraction of sp³-hybridized carbons (Fsp3) is 0.333. The summed E-state index contributed by atoms with van der Waals surface area (Å²) in [5.74, 6) is -2.56. The van der Waals surface area contributed by atoms with Crippen LogP contribution >= 0.6 is 11.6 Å². The number of imide groups is 1. The minimum absolute atomic E-state index is 0.00458. The highest BCUT2D eigenvalue weighted by Gasteiger charge is 2.70. The van der Waals surface area contributed by atoms with Gasteiger partial charge in [0.25, 0.3) is 0 Å². The number of amides is 4. The van der Waals surface area contributed by atoms with Crippen LogP contribution in [-0.2, 0) is 31.3 Å². The maximum absolute atomic E-state index is 13.8. The van der Waals surface area contributed by atoms with Crippen LogP contribution < -0.4 is 25.8 Å². The molecule has 11 heteroatoms. The van der Waals surface area contributed by atoms with Crippen molar-refractivity contribution in [2.75, 3.05) is 12.1 Å². The number of nitrogens with one attached hydrogen (secondary N) is 2. The Labute approximate surface area is 204 Å². The second-order valence-electron chi connectivity index (χ2n) is 9.13. The van der Waals surface area contributed by atoms with E-state index in [1.54, 1.807) is 36.4 Å². The third kappa shape index (κ3) is 3.06. The molecular weight excluding hydrogens is 476 g/mol. The molecule has 0 unspecified atom stereocenters. The van der Waals surface area contributed by atoms with Gasteiger partial charge in [-0.2, -0.15) is 0 Å². The number of carbonyl (C=O) groups excluding carboxylic acids is 4. The van der Waals surface area contributed by atoms with Crippen LogP contribution in [0.4, 0.5) is 5.69 Å². The van der Waals surface area contributed by atoms with Crippen molar-refractivity contribution in [1.29, 1.82) is 0 Å². The molecule has 2 aromatic rings. The fourth-order valence-corrected chi connectivity index (χ4v) is 6.00. The van der Waals surface area contributed by atoms with E-state index >= 15 is 0 Å². The third-order valence-electron chi connectivity index (χ3n) is 7.27. The van der Waals surface area contributed by atoms with Gasteiger partial charge in [-0.15, -0.1) is 0 Å². The van der Waals surface area contributed by atoms with E-state index in [9.17, 15) is 19.2 Å². The van der Waals surface area contributed by atoms with Crippen molar-refractivity contribution >= 4 is 40.9 Å². The van der Waals surface area contributed by atoms with Gasteiger partial charge in [-0.05, 0) is 30.2 Å². The zero-order valence-electron chi connectivity index (χ0n) is 18.4. The topological polar surface area (TPSA) is 140 Å². The van der Waals surface area contributed by atoms with Gasteiger partial charge in [0.15, 0.2) is 11.5 Å². The summed E-state index contributed by atoms with van der Waals surface area (Å²) in [5.41, 5.74) is 5.49. The number of ether oxygens (including phenoxy) is 2. The van der Waals surface area contributed by atoms with Gasteiger partial charge in [-0.1, -0.05) is 29.8 Å². The van der Waals surface area contributed by atoms with Crippen molar-refractivity contribution in [3.05, 3.63) is 52.5 Å². The average Bonchev–Trinajstić information content (AvgIpc) is 3.55. The highest BCUT2D eigenvalue weighted by molar-refractivity contribution is 6.35. The van der Waals surface area contributed by atoms with E-state index < -0.39 is 47.0 Å². The van der Waals surface area contributed by atoms with Crippen LogP contribution in [0.1, 0.15) is 24.0 Å². The van der Waals surface area contributed by atoms with Crippen molar-refractivity contribution in [3.63, 3.8) is 0 Å². The monoisotopic (exact) mass is 496 g/mol. The normalized spacial score (nSPS) is 28.0. The molecule has 0 radical (unpaired) electrons. The standard InChI is InChI=1S/C24H21ClN4O6/c25-13-3-1-2-12-20(13)27-23(33)24(12)19-18(14(28-24)5-7-17(26)30)21(31)29(22(19)32)9-11-4-6-15-16(8-11)35-10-34-15/h1-4,6,8,14,18-19,28H,5,7,9-10H2,(H2,26,30)(H,27,33)/t14-,18-,19-,24+/m1/s1. The van der Waals surface area contributed by atoms with E-state index in [0.29, 0.717) is 33.3 Å². The molecule has 4 amide bonds. The van der Waals surface area contributed by atoms with Gasteiger partial charge in [0, 0.05) is 18.0 Å². The molecule has 0 saturated carbocycles. The molecule has 4 heterocycles. The SMILES string of the molecule is NC(=O)CC[C@H]1N[C@]2(C(=O)Nc3c(Cl)cccc32)[C@H]2C(=O)N(Cc3ccc4c(c3)OCO4)C(=O)[C@H]12. The number of hydrogen-bond donors (Lipinski definition) is 3. The van der Waals surface area contributed by atoms with Crippen molar-refractivity contribution in [2.24, 2.45) is 17.6 Å². The number of fused-ring (bicyclic) bond motifs is 5. The predicted octanol–water partition coefficient (Wildman–Crippen LogP) is 1.25. The Hall–Kier alpha value is -3.63. The minimum Gasteiger partial charge on any atom is -0.454 e. The number of primary amides is 1. The van der Waals surface area contributed by atoms with Crippen LogP contribution in [0.2, 0.25) is 5.02 Å². The molecule has 1 spiro atoms. The molecule has 4 N–H and O–H groups in total. The van der Waals surface area contributed by atoms with Gasteiger partial charge in [-0.3, -0.25) is 29.4 Å². The summed E-state index contributed by atoms with van der Waals surface area (Å²) >= 11 is 6.34. The first-order valence-corrected chi connectivity index (χ1v) is 11.6. The van der Waals surface area contributed by atoms with E-state index in [1.165, 1.54) is 4.90 Å². The maximum atomic E-state index is 13.8. The van der Waals surface area contributed by atoms with Gasteiger partial charge >= 0.3 is 0 Å². The Bertz CT molecular complexity index is 1310. The van der Waals surface area contributed by atoms with Crippen LogP contribution in [-0.4, -0.2) is 41.4 Å². The first-order valence-electron chi connectivity index (χ1n) is 11.2. The molecule has 2 saturated heterocycles. The molecule has 2 fully saturated rings. The number of anilines is 1. The predicted molar refractivity (Wildman–Crippen MR) is 122 cm³/mol. The number of rotatable bonds is 5. The highest BCUT2D eigenvalue weighted by Crippen LogP contribution is 2.54. The summed E-state index contributed by atoms with van der Waals surface area (Å²) in [7, 11) is 0. The zero-order valence-corrected chi connectivity index (χ0v) is 19.1. The minimum atomic E-state index is -1.48. The van der Waals surface area contributed by atoms with E-state index in [-0.39, 0.29) is 26.2 Å². The second-order valence-corrected chi connectivity index (χ2v) is 9.54. The Morgan fingerprint density at radius 2 is 1.94 bits per heavy atom. The number of halogens is 1. The number of likely N-dealkylation sites (tertiary alicyclic amines) is 1. The third-order valence-corrected chi connectivity index (χ3v) is 7.58. The van der Waals surface area contributed by atoms with Crippen molar-refractivity contribution < 1.29 is 28.7 Å². The molecule has 35 heavy (non-hydrogen) atoms. The molecule has 10 nitrogen and oxygen atoms in total. The molecule has 6 rings (SSSR count). The van der Waals surface area contributed by atoms with Gasteiger partial charge in [-0.25, -0.2) is 0 Å². The van der Waals surface area contributed by atoms with E-state index in [1.807, 2.05) is 0 Å². The van der Waals surface area contributed by atoms with Crippen molar-refractivity contribution in [2.45, 2.75) is 31.0 Å². The number of benzene rings is 2. The van der Waals surface area contributed by atoms with Crippen LogP contribution in [0.3, 0.4) is 0 Å². The summed E-state index contributed by atoms with van der Waals surface area (Å²) in [5, 5.41) is 6.37. The lowest BCUT2D eigenvalue weighted by molar-refractivity contribution is -0.143. The maximum Gasteiger partial charge on any atom is 0.250 e. The lowest BCUT2D eigenvalue weighted by Gasteiger charge is -2.29. The molecule has 4 aliphatic heterocycles. The number of nitrogens with zero attached hydrogens (tertiary/aromatic N) is 1. The summed E-state index contributed by atoms with van der Waals surface area (Å²) in [6.45, 7) is 0.126. The summed E-state index contributed by atoms with van der Waals surface area (Å²) in [4.78, 5) is 53.6. The fourth-order valence-electron chi connectivity index (χ4n) is 5.78. The van der Waals surface area contributed by atoms with Crippen LogP contribution in [0, 0.1) is 11.8 Å². The van der Waals surface area contributed by atoms with Crippen LogP contribution in [0.5, 0.6) is 11.5 Å². The molecule has 2 aromatic carbocycles. The summed E-state index contributed by atoms with van der Waals surface area (Å²) in [6, 6.07) is 9.67. The Kier molecular flexibility index (Phi) is 4.81. The average molecular weight is 497 g/mol. The first kappa shape index (κ1) is 21.9. The lowest BCUT2D eigenvalue weighted by atomic mass is 9.76. The van der Waals surface area contributed by atoms with E-state index in [4.69, 9.17) is 26.8 Å². The Balaban J connectivity index is 1.40.